The number of nitrogens with one attached hydrogen (secondary N) is 1. The zero-order chi connectivity index (χ0) is 21.4. The predicted molar refractivity (Wildman–Crippen MR) is 119 cm³/mol. The number of rotatable bonds is 9. The molecule has 0 saturated carbocycles. The summed E-state index contributed by atoms with van der Waals surface area (Å²) in [6.45, 7) is 10.4. The predicted octanol–water partition coefficient (Wildman–Crippen LogP) is 4.22. The van der Waals surface area contributed by atoms with Crippen molar-refractivity contribution in [3.63, 3.8) is 0 Å². The van der Waals surface area contributed by atoms with E-state index in [1.54, 1.807) is 4.90 Å². The quantitative estimate of drug-likeness (QED) is 0.692. The lowest BCUT2D eigenvalue weighted by Crippen LogP contribution is -2.51. The largest absolute Gasteiger partial charge is 0.352 e. The Balaban J connectivity index is 2.24. The van der Waals surface area contributed by atoms with Gasteiger partial charge in [0.1, 0.15) is 6.04 Å². The smallest absolute Gasteiger partial charge is 0.242 e. The van der Waals surface area contributed by atoms with E-state index in [0.29, 0.717) is 19.4 Å². The monoisotopic (exact) mass is 394 g/mol. The third-order valence-corrected chi connectivity index (χ3v) is 5.15. The maximum Gasteiger partial charge on any atom is 0.242 e. The minimum absolute atomic E-state index is 0.000359. The second-order valence-corrected chi connectivity index (χ2v) is 8.02. The number of amides is 2. The second kappa shape index (κ2) is 10.8. The van der Waals surface area contributed by atoms with E-state index in [0.717, 1.165) is 28.7 Å². The van der Waals surface area contributed by atoms with Crippen molar-refractivity contribution >= 4 is 11.8 Å². The Kier molecular flexibility index (Phi) is 8.44. The van der Waals surface area contributed by atoms with Crippen LogP contribution in [0.5, 0.6) is 0 Å². The average Bonchev–Trinajstić information content (AvgIpc) is 2.68. The summed E-state index contributed by atoms with van der Waals surface area (Å²) in [6.07, 6.45) is 1.63. The molecular weight excluding hydrogens is 360 g/mol. The third-order valence-electron chi connectivity index (χ3n) is 5.15. The Morgan fingerprint density at radius 1 is 1.03 bits per heavy atom. The van der Waals surface area contributed by atoms with E-state index in [2.05, 4.69) is 35.6 Å². The summed E-state index contributed by atoms with van der Waals surface area (Å²) in [5.41, 5.74) is 4.43. The highest BCUT2D eigenvalue weighted by Crippen LogP contribution is 2.16. The minimum Gasteiger partial charge on any atom is -0.352 e. The molecule has 0 aliphatic carbocycles. The fourth-order valence-electron chi connectivity index (χ4n) is 3.53. The molecule has 4 nitrogen and oxygen atoms in total. The van der Waals surface area contributed by atoms with Gasteiger partial charge < -0.3 is 10.2 Å². The summed E-state index contributed by atoms with van der Waals surface area (Å²) in [5, 5.41) is 2.98. The molecule has 2 amide bonds. The number of carbonyl (C=O) groups excluding carboxylic acids is 2. The molecule has 0 aromatic heterocycles. The summed E-state index contributed by atoms with van der Waals surface area (Å²) < 4.78 is 0. The standard InChI is InChI=1S/C25H34N2O2/c1-6-23(25(29)26-18(2)3)27(15-14-21-10-8-7-9-11-21)24(28)17-22-16-19(4)12-13-20(22)5/h7-13,16,18,23H,6,14-15,17H2,1-5H3,(H,26,29)/t23-/m0/s1. The highest BCUT2D eigenvalue weighted by molar-refractivity contribution is 5.88. The van der Waals surface area contributed by atoms with E-state index in [1.165, 1.54) is 0 Å². The van der Waals surface area contributed by atoms with Crippen LogP contribution in [0, 0.1) is 13.8 Å². The lowest BCUT2D eigenvalue weighted by atomic mass is 10.0. The molecule has 4 heteroatoms. The van der Waals surface area contributed by atoms with Gasteiger partial charge >= 0.3 is 0 Å². The normalized spacial score (nSPS) is 11.9. The molecule has 0 saturated heterocycles. The number of aryl methyl sites for hydroxylation is 2. The van der Waals surface area contributed by atoms with Crippen molar-refractivity contribution in [1.29, 1.82) is 0 Å². The van der Waals surface area contributed by atoms with Gasteiger partial charge in [0.15, 0.2) is 0 Å². The Bertz CT molecular complexity index is 815. The van der Waals surface area contributed by atoms with Crippen LogP contribution >= 0.6 is 0 Å². The highest BCUT2D eigenvalue weighted by atomic mass is 16.2. The molecule has 0 aliphatic rings. The van der Waals surface area contributed by atoms with E-state index in [9.17, 15) is 9.59 Å². The molecule has 0 spiro atoms. The second-order valence-electron chi connectivity index (χ2n) is 8.02. The summed E-state index contributed by atoms with van der Waals surface area (Å²) in [5.74, 6) is -0.0785. The molecule has 0 radical (unpaired) electrons. The molecule has 0 fully saturated rings. The lowest BCUT2D eigenvalue weighted by Gasteiger charge is -2.31. The first-order valence-electron chi connectivity index (χ1n) is 10.5. The van der Waals surface area contributed by atoms with Gasteiger partial charge in [-0.2, -0.15) is 0 Å². The maximum absolute atomic E-state index is 13.3. The van der Waals surface area contributed by atoms with Gasteiger partial charge in [-0.3, -0.25) is 9.59 Å². The minimum atomic E-state index is -0.460. The molecule has 0 bridgehead atoms. The summed E-state index contributed by atoms with van der Waals surface area (Å²) in [7, 11) is 0. The summed E-state index contributed by atoms with van der Waals surface area (Å²) in [4.78, 5) is 27.9. The molecule has 0 aliphatic heterocycles. The van der Waals surface area contributed by atoms with E-state index in [4.69, 9.17) is 0 Å². The molecule has 2 aromatic carbocycles. The van der Waals surface area contributed by atoms with Crippen molar-refractivity contribution in [2.24, 2.45) is 0 Å². The summed E-state index contributed by atoms with van der Waals surface area (Å²) >= 11 is 0. The average molecular weight is 395 g/mol. The first-order valence-corrected chi connectivity index (χ1v) is 10.5. The molecular formula is C25H34N2O2. The van der Waals surface area contributed by atoms with Gasteiger partial charge in [-0.25, -0.2) is 0 Å². The van der Waals surface area contributed by atoms with Gasteiger partial charge in [-0.15, -0.1) is 0 Å². The Hall–Kier alpha value is -2.62. The van der Waals surface area contributed by atoms with Crippen LogP contribution in [0.1, 0.15) is 49.4 Å². The molecule has 2 rings (SSSR count). The number of hydrogen-bond acceptors (Lipinski definition) is 2. The lowest BCUT2D eigenvalue weighted by molar-refractivity contribution is -0.140. The highest BCUT2D eigenvalue weighted by Gasteiger charge is 2.28. The number of benzene rings is 2. The molecule has 0 heterocycles. The van der Waals surface area contributed by atoms with Crippen LogP contribution in [0.25, 0.3) is 0 Å². The van der Waals surface area contributed by atoms with Crippen molar-refractivity contribution < 1.29 is 9.59 Å². The summed E-state index contributed by atoms with van der Waals surface area (Å²) in [6, 6.07) is 15.9. The van der Waals surface area contributed by atoms with E-state index in [-0.39, 0.29) is 17.9 Å². The van der Waals surface area contributed by atoms with Crippen molar-refractivity contribution in [2.45, 2.75) is 66.0 Å². The van der Waals surface area contributed by atoms with Crippen molar-refractivity contribution in [1.82, 2.24) is 10.2 Å². The zero-order valence-electron chi connectivity index (χ0n) is 18.4. The molecule has 29 heavy (non-hydrogen) atoms. The third kappa shape index (κ3) is 6.74. The molecule has 2 aromatic rings. The van der Waals surface area contributed by atoms with Crippen LogP contribution in [0.3, 0.4) is 0 Å². The van der Waals surface area contributed by atoms with E-state index in [1.807, 2.05) is 52.8 Å². The molecule has 1 atom stereocenters. The van der Waals surface area contributed by atoms with Gasteiger partial charge in [0.2, 0.25) is 11.8 Å². The van der Waals surface area contributed by atoms with Crippen LogP contribution in [0.15, 0.2) is 48.5 Å². The molecule has 1 N–H and O–H groups in total. The van der Waals surface area contributed by atoms with Gasteiger partial charge in [0.05, 0.1) is 6.42 Å². The zero-order valence-corrected chi connectivity index (χ0v) is 18.4. The van der Waals surface area contributed by atoms with Crippen LogP contribution < -0.4 is 5.32 Å². The molecule has 156 valence electrons. The van der Waals surface area contributed by atoms with Gasteiger partial charge in [0.25, 0.3) is 0 Å². The van der Waals surface area contributed by atoms with Crippen LogP contribution in [-0.2, 0) is 22.4 Å². The van der Waals surface area contributed by atoms with Gasteiger partial charge in [0, 0.05) is 12.6 Å². The topological polar surface area (TPSA) is 49.4 Å². The van der Waals surface area contributed by atoms with Crippen LogP contribution in [-0.4, -0.2) is 35.3 Å². The Labute approximate surface area is 175 Å². The molecule has 0 unspecified atom stereocenters. The van der Waals surface area contributed by atoms with Gasteiger partial charge in [-0.1, -0.05) is 61.0 Å². The van der Waals surface area contributed by atoms with E-state index < -0.39 is 6.04 Å². The maximum atomic E-state index is 13.3. The first kappa shape index (κ1) is 22.7. The Morgan fingerprint density at radius 2 is 1.72 bits per heavy atom. The van der Waals surface area contributed by atoms with Crippen LogP contribution in [0.4, 0.5) is 0 Å². The Morgan fingerprint density at radius 3 is 2.34 bits per heavy atom. The van der Waals surface area contributed by atoms with Gasteiger partial charge in [-0.05, 0) is 57.2 Å². The number of hydrogen-bond donors (Lipinski definition) is 1. The fourth-order valence-corrected chi connectivity index (χ4v) is 3.53. The number of nitrogens with zero attached hydrogens (tertiary/aromatic N) is 1. The fraction of sp³-hybridized carbons (Fsp3) is 0.440. The first-order chi connectivity index (χ1) is 13.8. The van der Waals surface area contributed by atoms with E-state index >= 15 is 0 Å². The SMILES string of the molecule is CC[C@@H](C(=O)NC(C)C)N(CCc1ccccc1)C(=O)Cc1cc(C)ccc1C. The van der Waals surface area contributed by atoms with Crippen molar-refractivity contribution in [2.75, 3.05) is 6.54 Å². The van der Waals surface area contributed by atoms with Crippen LogP contribution in [0.2, 0.25) is 0 Å². The van der Waals surface area contributed by atoms with Crippen molar-refractivity contribution in [3.05, 3.63) is 70.8 Å². The van der Waals surface area contributed by atoms with Crippen molar-refractivity contribution in [3.8, 4) is 0 Å². The number of carbonyl (C=O) groups is 2.